The van der Waals surface area contributed by atoms with Crippen molar-refractivity contribution in [3.63, 3.8) is 0 Å². The lowest BCUT2D eigenvalue weighted by molar-refractivity contribution is -0.125. The highest BCUT2D eigenvalue weighted by Gasteiger charge is 2.07. The standard InChI is InChI=1S/C10H10BrNO2.C10H10ClNO2/c2*1-7(13)6-10(14)12-9-5-3-2-4-8(9)11/h2*2-5H,6H2,1H3,(H,12,14). The molecule has 0 unspecified atom stereocenters. The molecule has 28 heavy (non-hydrogen) atoms. The number of amides is 2. The number of hydrogen-bond acceptors (Lipinski definition) is 4. The number of benzene rings is 2. The summed E-state index contributed by atoms with van der Waals surface area (Å²) in [6, 6.07) is 14.1. The lowest BCUT2D eigenvalue weighted by atomic mass is 10.2. The fourth-order valence-electron chi connectivity index (χ4n) is 1.97. The first-order valence-electron chi connectivity index (χ1n) is 8.26. The van der Waals surface area contributed by atoms with Gasteiger partial charge in [0.15, 0.2) is 0 Å². The van der Waals surface area contributed by atoms with E-state index in [-0.39, 0.29) is 36.2 Å². The van der Waals surface area contributed by atoms with Crippen LogP contribution in [0.25, 0.3) is 0 Å². The molecule has 0 atom stereocenters. The average Bonchev–Trinajstić information content (AvgIpc) is 2.58. The zero-order chi connectivity index (χ0) is 21.1. The van der Waals surface area contributed by atoms with Gasteiger partial charge in [-0.1, -0.05) is 35.9 Å². The Morgan fingerprint density at radius 2 is 1.21 bits per heavy atom. The lowest BCUT2D eigenvalue weighted by Gasteiger charge is -2.05. The second-order valence-corrected chi connectivity index (χ2v) is 7.08. The van der Waals surface area contributed by atoms with Crippen molar-refractivity contribution in [3.05, 3.63) is 58.0 Å². The molecule has 0 spiro atoms. The number of Topliss-reactive ketones (excluding diaryl/α,β-unsaturated/α-hetero) is 2. The molecule has 0 aliphatic heterocycles. The quantitative estimate of drug-likeness (QED) is 0.606. The van der Waals surface area contributed by atoms with E-state index in [9.17, 15) is 19.2 Å². The first-order chi connectivity index (χ1) is 13.2. The summed E-state index contributed by atoms with van der Waals surface area (Å²) >= 11 is 9.10. The van der Waals surface area contributed by atoms with Gasteiger partial charge in [-0.2, -0.15) is 0 Å². The first kappa shape index (κ1) is 23.5. The van der Waals surface area contributed by atoms with Crippen molar-refractivity contribution < 1.29 is 19.2 Å². The Bertz CT molecular complexity index is 799. The second kappa shape index (κ2) is 12.0. The third-order valence-electron chi connectivity index (χ3n) is 3.11. The molecule has 2 N–H and O–H groups in total. The maximum atomic E-state index is 11.2. The third-order valence-corrected chi connectivity index (χ3v) is 4.14. The topological polar surface area (TPSA) is 92.3 Å². The van der Waals surface area contributed by atoms with Gasteiger partial charge in [-0.25, -0.2) is 0 Å². The van der Waals surface area contributed by atoms with Crippen molar-refractivity contribution >= 4 is 62.3 Å². The summed E-state index contributed by atoms with van der Waals surface area (Å²) in [5, 5.41) is 5.65. The van der Waals surface area contributed by atoms with Crippen LogP contribution in [-0.4, -0.2) is 23.4 Å². The van der Waals surface area contributed by atoms with Crippen LogP contribution in [-0.2, 0) is 19.2 Å². The number of para-hydroxylation sites is 2. The minimum atomic E-state index is -0.342. The minimum Gasteiger partial charge on any atom is -0.325 e. The maximum Gasteiger partial charge on any atom is 0.231 e. The van der Waals surface area contributed by atoms with Crippen LogP contribution in [0, 0.1) is 0 Å². The van der Waals surface area contributed by atoms with Crippen molar-refractivity contribution in [2.24, 2.45) is 0 Å². The molecule has 2 aromatic carbocycles. The number of carbonyl (C=O) groups excluding carboxylic acids is 4. The van der Waals surface area contributed by atoms with E-state index >= 15 is 0 Å². The van der Waals surface area contributed by atoms with E-state index in [2.05, 4.69) is 26.6 Å². The molecule has 0 saturated heterocycles. The molecule has 0 heterocycles. The Labute approximate surface area is 176 Å². The number of hydrogen-bond donors (Lipinski definition) is 2. The molecule has 0 aromatic heterocycles. The molecule has 148 valence electrons. The van der Waals surface area contributed by atoms with Crippen molar-refractivity contribution in [2.75, 3.05) is 10.6 Å². The fourth-order valence-corrected chi connectivity index (χ4v) is 2.53. The summed E-state index contributed by atoms with van der Waals surface area (Å²) in [6.45, 7) is 2.76. The van der Waals surface area contributed by atoms with Crippen LogP contribution in [0.2, 0.25) is 5.02 Å². The Kier molecular flexibility index (Phi) is 10.1. The zero-order valence-corrected chi connectivity index (χ0v) is 17.8. The number of anilines is 2. The van der Waals surface area contributed by atoms with Crippen molar-refractivity contribution in [3.8, 4) is 0 Å². The normalized spacial score (nSPS) is 9.57. The maximum absolute atomic E-state index is 11.2. The van der Waals surface area contributed by atoms with E-state index in [1.165, 1.54) is 13.8 Å². The van der Waals surface area contributed by atoms with Crippen LogP contribution in [0.1, 0.15) is 26.7 Å². The van der Waals surface area contributed by atoms with Gasteiger partial charge in [-0.05, 0) is 54.0 Å². The van der Waals surface area contributed by atoms with E-state index in [0.29, 0.717) is 16.4 Å². The van der Waals surface area contributed by atoms with Crippen molar-refractivity contribution in [1.82, 2.24) is 0 Å². The Balaban J connectivity index is 0.000000280. The minimum absolute atomic E-state index is 0.0820. The summed E-state index contributed by atoms with van der Waals surface area (Å²) in [5.41, 5.74) is 1.21. The van der Waals surface area contributed by atoms with Crippen molar-refractivity contribution in [1.29, 1.82) is 0 Å². The highest BCUT2D eigenvalue weighted by Crippen LogP contribution is 2.21. The SMILES string of the molecule is CC(=O)CC(=O)Nc1ccccc1Br.CC(=O)CC(=O)Nc1ccccc1Cl. The monoisotopic (exact) mass is 466 g/mol. The summed E-state index contributed by atoms with van der Waals surface area (Å²) in [7, 11) is 0. The predicted octanol–water partition coefficient (Wildman–Crippen LogP) is 4.62. The third kappa shape index (κ3) is 9.43. The average molecular weight is 468 g/mol. The van der Waals surface area contributed by atoms with E-state index in [0.717, 1.165) is 4.47 Å². The Morgan fingerprint density at radius 1 is 0.786 bits per heavy atom. The predicted molar refractivity (Wildman–Crippen MR) is 113 cm³/mol. The molecule has 0 radical (unpaired) electrons. The molecule has 0 aliphatic rings. The van der Waals surface area contributed by atoms with Gasteiger partial charge < -0.3 is 10.6 Å². The highest BCUT2D eigenvalue weighted by molar-refractivity contribution is 9.10. The smallest absolute Gasteiger partial charge is 0.231 e. The molecule has 0 aliphatic carbocycles. The van der Waals surface area contributed by atoms with Gasteiger partial charge in [0, 0.05) is 4.47 Å². The molecule has 6 nitrogen and oxygen atoms in total. The largest absolute Gasteiger partial charge is 0.325 e. The molecule has 0 saturated carbocycles. The van der Waals surface area contributed by atoms with Crippen molar-refractivity contribution in [2.45, 2.75) is 26.7 Å². The van der Waals surface area contributed by atoms with E-state index < -0.39 is 0 Å². The Hall–Kier alpha value is -2.51. The van der Waals surface area contributed by atoms with Gasteiger partial charge in [-0.15, -0.1) is 0 Å². The van der Waals surface area contributed by atoms with E-state index in [1.54, 1.807) is 30.3 Å². The van der Waals surface area contributed by atoms with E-state index in [4.69, 9.17) is 11.6 Å². The van der Waals surface area contributed by atoms with E-state index in [1.807, 2.05) is 18.2 Å². The summed E-state index contributed by atoms with van der Waals surface area (Å²) in [4.78, 5) is 43.7. The highest BCUT2D eigenvalue weighted by atomic mass is 79.9. The van der Waals surface area contributed by atoms with Gasteiger partial charge in [0.2, 0.25) is 11.8 Å². The molecule has 0 fully saturated rings. The van der Waals surface area contributed by atoms with Gasteiger partial charge in [0.25, 0.3) is 0 Å². The van der Waals surface area contributed by atoms with Crippen LogP contribution in [0.15, 0.2) is 53.0 Å². The summed E-state index contributed by atoms with van der Waals surface area (Å²) in [6.07, 6.45) is -0.202. The van der Waals surface area contributed by atoms with Crippen LogP contribution in [0.4, 0.5) is 11.4 Å². The molecular weight excluding hydrogens is 448 g/mol. The fraction of sp³-hybridized carbons (Fsp3) is 0.200. The zero-order valence-electron chi connectivity index (χ0n) is 15.4. The molecule has 0 bridgehead atoms. The summed E-state index contributed by atoms with van der Waals surface area (Å²) in [5.74, 6) is -0.945. The first-order valence-corrected chi connectivity index (χ1v) is 9.43. The lowest BCUT2D eigenvalue weighted by Crippen LogP contribution is -2.14. The number of rotatable bonds is 6. The van der Waals surface area contributed by atoms with Crippen LogP contribution in [0.3, 0.4) is 0 Å². The molecule has 2 aromatic rings. The number of halogens is 2. The number of ketones is 2. The van der Waals surface area contributed by atoms with Gasteiger partial charge >= 0.3 is 0 Å². The van der Waals surface area contributed by atoms with Crippen LogP contribution < -0.4 is 10.6 Å². The second-order valence-electron chi connectivity index (χ2n) is 5.81. The Morgan fingerprint density at radius 3 is 1.68 bits per heavy atom. The number of carbonyl (C=O) groups is 4. The van der Waals surface area contributed by atoms with Crippen LogP contribution in [0.5, 0.6) is 0 Å². The number of nitrogens with one attached hydrogen (secondary N) is 2. The van der Waals surface area contributed by atoms with Gasteiger partial charge in [0.05, 0.1) is 29.2 Å². The molecule has 2 amide bonds. The van der Waals surface area contributed by atoms with Crippen LogP contribution >= 0.6 is 27.5 Å². The van der Waals surface area contributed by atoms with Gasteiger partial charge in [-0.3, -0.25) is 19.2 Å². The van der Waals surface area contributed by atoms with Gasteiger partial charge in [0.1, 0.15) is 11.6 Å². The molecule has 2 rings (SSSR count). The molecular formula is C20H20BrClN2O4. The molecule has 8 heteroatoms. The summed E-state index contributed by atoms with van der Waals surface area (Å²) < 4.78 is 0.803.